The zero-order chi connectivity index (χ0) is 14.7. The van der Waals surface area contributed by atoms with Crippen molar-refractivity contribution in [2.24, 2.45) is 5.92 Å². The van der Waals surface area contributed by atoms with Gasteiger partial charge in [-0.1, -0.05) is 12.1 Å². The number of hydrogen-bond acceptors (Lipinski definition) is 2. The van der Waals surface area contributed by atoms with Crippen LogP contribution in [0.25, 0.3) is 0 Å². The Morgan fingerprint density at radius 3 is 2.71 bits per heavy atom. The predicted octanol–water partition coefficient (Wildman–Crippen LogP) is 2.36. The normalized spacial score (nSPS) is 23.0. The molecule has 1 saturated heterocycles. The Labute approximate surface area is 125 Å². The topological polar surface area (TPSA) is 41.1 Å². The molecule has 0 spiro atoms. The molecule has 0 radical (unpaired) electrons. The van der Waals surface area contributed by atoms with E-state index >= 15 is 0 Å². The summed E-state index contributed by atoms with van der Waals surface area (Å²) >= 11 is 0. The second kappa shape index (κ2) is 6.14. The molecule has 1 aromatic rings. The van der Waals surface area contributed by atoms with Crippen LogP contribution in [-0.4, -0.2) is 25.5 Å². The van der Waals surface area contributed by atoms with Crippen LogP contribution in [0.4, 0.5) is 4.39 Å². The maximum Gasteiger partial charge on any atom is 0.220 e. The lowest BCUT2D eigenvalue weighted by Gasteiger charge is -2.17. The highest BCUT2D eigenvalue weighted by Crippen LogP contribution is 2.47. The molecule has 2 N–H and O–H groups in total. The SMILES string of the molecule is O=C(CCC1CCNC1)NCC1(c2ccc(F)cc2)CC1. The molecule has 1 aliphatic carbocycles. The van der Waals surface area contributed by atoms with E-state index in [0.29, 0.717) is 18.9 Å². The molecule has 4 heteroatoms. The lowest BCUT2D eigenvalue weighted by Crippen LogP contribution is -2.32. The molecule has 1 atom stereocenters. The van der Waals surface area contributed by atoms with Crippen LogP contribution in [0.2, 0.25) is 0 Å². The third-order valence-corrected chi connectivity index (χ3v) is 4.88. The standard InChI is InChI=1S/C17H23FN2O/c18-15-4-2-14(3-5-15)17(8-9-17)12-20-16(21)6-1-13-7-10-19-11-13/h2-5,13,19H,1,6-12H2,(H,20,21). The van der Waals surface area contributed by atoms with E-state index in [1.54, 1.807) is 0 Å². The van der Waals surface area contributed by atoms with Crippen molar-refractivity contribution in [3.05, 3.63) is 35.6 Å². The van der Waals surface area contributed by atoms with Crippen molar-refractivity contribution in [3.8, 4) is 0 Å². The molecule has 21 heavy (non-hydrogen) atoms. The van der Waals surface area contributed by atoms with Gasteiger partial charge < -0.3 is 10.6 Å². The Balaban J connectivity index is 1.45. The monoisotopic (exact) mass is 290 g/mol. The van der Waals surface area contributed by atoms with Crippen LogP contribution in [0.15, 0.2) is 24.3 Å². The molecule has 3 rings (SSSR count). The highest BCUT2D eigenvalue weighted by molar-refractivity contribution is 5.76. The molecule has 1 aliphatic heterocycles. The van der Waals surface area contributed by atoms with Crippen molar-refractivity contribution >= 4 is 5.91 Å². The maximum absolute atomic E-state index is 13.0. The summed E-state index contributed by atoms with van der Waals surface area (Å²) < 4.78 is 13.0. The quantitative estimate of drug-likeness (QED) is 0.844. The summed E-state index contributed by atoms with van der Waals surface area (Å²) in [7, 11) is 0. The van der Waals surface area contributed by atoms with Gasteiger partial charge in [0, 0.05) is 18.4 Å². The van der Waals surface area contributed by atoms with Crippen molar-refractivity contribution in [3.63, 3.8) is 0 Å². The summed E-state index contributed by atoms with van der Waals surface area (Å²) in [6, 6.07) is 6.70. The first-order valence-electron chi connectivity index (χ1n) is 7.91. The molecular weight excluding hydrogens is 267 g/mol. The zero-order valence-corrected chi connectivity index (χ0v) is 12.3. The van der Waals surface area contributed by atoms with Gasteiger partial charge in [-0.3, -0.25) is 4.79 Å². The molecule has 0 bridgehead atoms. The lowest BCUT2D eigenvalue weighted by atomic mass is 9.95. The van der Waals surface area contributed by atoms with Gasteiger partial charge in [0.25, 0.3) is 0 Å². The molecule has 1 amide bonds. The number of halogens is 1. The fourth-order valence-electron chi connectivity index (χ4n) is 3.17. The van der Waals surface area contributed by atoms with Gasteiger partial charge in [0.05, 0.1) is 0 Å². The summed E-state index contributed by atoms with van der Waals surface area (Å²) in [5.41, 5.74) is 1.20. The van der Waals surface area contributed by atoms with Gasteiger partial charge in [0.2, 0.25) is 5.91 Å². The molecule has 1 unspecified atom stereocenters. The van der Waals surface area contributed by atoms with Gasteiger partial charge in [0.1, 0.15) is 5.82 Å². The number of nitrogens with one attached hydrogen (secondary N) is 2. The van der Waals surface area contributed by atoms with Gasteiger partial charge in [0.15, 0.2) is 0 Å². The van der Waals surface area contributed by atoms with Crippen LogP contribution in [0.1, 0.15) is 37.7 Å². The van der Waals surface area contributed by atoms with Crippen molar-refractivity contribution in [2.45, 2.75) is 37.5 Å². The van der Waals surface area contributed by atoms with E-state index in [-0.39, 0.29) is 17.1 Å². The number of hydrogen-bond donors (Lipinski definition) is 2. The second-order valence-electron chi connectivity index (χ2n) is 6.46. The Kier molecular flexibility index (Phi) is 4.24. The largest absolute Gasteiger partial charge is 0.355 e. The average molecular weight is 290 g/mol. The van der Waals surface area contributed by atoms with Gasteiger partial charge >= 0.3 is 0 Å². The fraction of sp³-hybridized carbons (Fsp3) is 0.588. The zero-order valence-electron chi connectivity index (χ0n) is 12.3. The van der Waals surface area contributed by atoms with Gasteiger partial charge in [-0.25, -0.2) is 4.39 Å². The summed E-state index contributed by atoms with van der Waals surface area (Å²) in [5.74, 6) is 0.599. The van der Waals surface area contributed by atoms with E-state index in [2.05, 4.69) is 10.6 Å². The van der Waals surface area contributed by atoms with Crippen LogP contribution in [-0.2, 0) is 10.2 Å². The van der Waals surface area contributed by atoms with Crippen LogP contribution in [0.5, 0.6) is 0 Å². The van der Waals surface area contributed by atoms with Crippen molar-refractivity contribution in [1.82, 2.24) is 10.6 Å². The smallest absolute Gasteiger partial charge is 0.220 e. The molecule has 2 aliphatic rings. The number of amides is 1. The van der Waals surface area contributed by atoms with E-state index in [1.165, 1.54) is 18.6 Å². The predicted molar refractivity (Wildman–Crippen MR) is 80.5 cm³/mol. The summed E-state index contributed by atoms with van der Waals surface area (Å²) in [4.78, 5) is 12.0. The highest BCUT2D eigenvalue weighted by atomic mass is 19.1. The Morgan fingerprint density at radius 2 is 2.10 bits per heavy atom. The molecule has 0 aromatic heterocycles. The minimum absolute atomic E-state index is 0.0538. The van der Waals surface area contributed by atoms with Crippen molar-refractivity contribution < 1.29 is 9.18 Å². The molecule has 1 saturated carbocycles. The molecule has 3 nitrogen and oxygen atoms in total. The van der Waals surface area contributed by atoms with Gasteiger partial charge in [-0.05, 0) is 62.4 Å². The first kappa shape index (κ1) is 14.5. The van der Waals surface area contributed by atoms with Crippen molar-refractivity contribution in [2.75, 3.05) is 19.6 Å². The Morgan fingerprint density at radius 1 is 1.33 bits per heavy atom. The summed E-state index contributed by atoms with van der Waals surface area (Å²) in [6.45, 7) is 2.81. The minimum atomic E-state index is -0.205. The number of benzene rings is 1. The van der Waals surface area contributed by atoms with Crippen LogP contribution in [0, 0.1) is 11.7 Å². The average Bonchev–Trinajstić information content (AvgIpc) is 3.10. The van der Waals surface area contributed by atoms with E-state index in [0.717, 1.165) is 37.9 Å². The first-order chi connectivity index (χ1) is 10.2. The minimum Gasteiger partial charge on any atom is -0.355 e. The van der Waals surface area contributed by atoms with E-state index < -0.39 is 0 Å². The van der Waals surface area contributed by atoms with E-state index in [9.17, 15) is 9.18 Å². The summed E-state index contributed by atoms with van der Waals surface area (Å²) in [5, 5.41) is 6.40. The first-order valence-corrected chi connectivity index (χ1v) is 7.91. The Hall–Kier alpha value is -1.42. The van der Waals surface area contributed by atoms with E-state index in [4.69, 9.17) is 0 Å². The molecule has 1 aromatic carbocycles. The van der Waals surface area contributed by atoms with Crippen LogP contribution >= 0.6 is 0 Å². The van der Waals surface area contributed by atoms with Gasteiger partial charge in [-0.15, -0.1) is 0 Å². The van der Waals surface area contributed by atoms with Crippen LogP contribution < -0.4 is 10.6 Å². The second-order valence-corrected chi connectivity index (χ2v) is 6.46. The number of rotatable bonds is 6. The van der Waals surface area contributed by atoms with E-state index in [1.807, 2.05) is 12.1 Å². The van der Waals surface area contributed by atoms with Gasteiger partial charge in [-0.2, -0.15) is 0 Å². The maximum atomic E-state index is 13.0. The third-order valence-electron chi connectivity index (χ3n) is 4.88. The molecular formula is C17H23FN2O. The van der Waals surface area contributed by atoms with Crippen LogP contribution in [0.3, 0.4) is 0 Å². The number of carbonyl (C=O) groups excluding carboxylic acids is 1. The third kappa shape index (κ3) is 3.62. The number of carbonyl (C=O) groups is 1. The summed E-state index contributed by atoms with van der Waals surface area (Å²) in [6.07, 6.45) is 4.93. The lowest BCUT2D eigenvalue weighted by molar-refractivity contribution is -0.121. The van der Waals surface area contributed by atoms with Crippen molar-refractivity contribution in [1.29, 1.82) is 0 Å². The molecule has 1 heterocycles. The highest BCUT2D eigenvalue weighted by Gasteiger charge is 2.44. The fourth-order valence-corrected chi connectivity index (χ4v) is 3.17. The molecule has 114 valence electrons. The molecule has 2 fully saturated rings. The Bertz CT molecular complexity index is 490.